The minimum atomic E-state index is -1.06. The zero-order valence-electron chi connectivity index (χ0n) is 20.1. The molecule has 188 valence electrons. The summed E-state index contributed by atoms with van der Waals surface area (Å²) in [7, 11) is 0. The molecule has 0 atom stereocenters. The van der Waals surface area contributed by atoms with Gasteiger partial charge in [0.2, 0.25) is 0 Å². The second-order valence-electron chi connectivity index (χ2n) is 8.57. The van der Waals surface area contributed by atoms with E-state index < -0.39 is 23.8 Å². The van der Waals surface area contributed by atoms with Gasteiger partial charge in [-0.25, -0.2) is 19.6 Å². The normalized spacial score (nSPS) is 10.7. The van der Waals surface area contributed by atoms with Crippen molar-refractivity contribution in [3.05, 3.63) is 66.3 Å². The van der Waals surface area contributed by atoms with Gasteiger partial charge in [-0.1, -0.05) is 36.9 Å². The molecule has 1 aromatic heterocycles. The summed E-state index contributed by atoms with van der Waals surface area (Å²) in [4.78, 5) is 45.0. The highest BCUT2D eigenvalue weighted by Gasteiger charge is 2.18. The second-order valence-corrected chi connectivity index (χ2v) is 8.57. The number of carbonyl (C=O) groups excluding carboxylic acids is 2. The van der Waals surface area contributed by atoms with Crippen LogP contribution in [0.2, 0.25) is 0 Å². The molecule has 2 amide bonds. The Labute approximate surface area is 204 Å². The Balaban J connectivity index is 1.97. The molecule has 2 rings (SSSR count). The first-order valence-electron chi connectivity index (χ1n) is 10.9. The van der Waals surface area contributed by atoms with Crippen molar-refractivity contribution in [2.45, 2.75) is 39.4 Å². The first-order valence-corrected chi connectivity index (χ1v) is 10.9. The number of ether oxygens (including phenoxy) is 2. The molecular formula is C24H31N5O6. The predicted molar refractivity (Wildman–Crippen MR) is 129 cm³/mol. The van der Waals surface area contributed by atoms with Crippen molar-refractivity contribution < 1.29 is 29.0 Å². The minimum absolute atomic E-state index is 0.0941. The van der Waals surface area contributed by atoms with Crippen LogP contribution in [0.1, 0.15) is 31.9 Å². The van der Waals surface area contributed by atoms with Crippen molar-refractivity contribution in [3.63, 3.8) is 0 Å². The van der Waals surface area contributed by atoms with E-state index in [9.17, 15) is 19.5 Å². The monoisotopic (exact) mass is 485 g/mol. The van der Waals surface area contributed by atoms with Gasteiger partial charge in [-0.2, -0.15) is 0 Å². The molecule has 35 heavy (non-hydrogen) atoms. The highest BCUT2D eigenvalue weighted by molar-refractivity contribution is 5.84. The summed E-state index contributed by atoms with van der Waals surface area (Å²) >= 11 is 0. The van der Waals surface area contributed by atoms with Gasteiger partial charge in [-0.15, -0.1) is 0 Å². The van der Waals surface area contributed by atoms with Crippen LogP contribution in [0.3, 0.4) is 0 Å². The van der Waals surface area contributed by atoms with E-state index in [4.69, 9.17) is 9.47 Å². The molecule has 0 aliphatic carbocycles. The maximum Gasteiger partial charge on any atom is 0.413 e. The highest BCUT2D eigenvalue weighted by Crippen LogP contribution is 2.17. The Morgan fingerprint density at radius 2 is 1.86 bits per heavy atom. The van der Waals surface area contributed by atoms with Crippen LogP contribution in [-0.2, 0) is 27.3 Å². The molecule has 11 nitrogen and oxygen atoms in total. The number of aromatic nitrogens is 2. The third-order valence-corrected chi connectivity index (χ3v) is 4.44. The molecule has 1 aromatic carbocycles. The molecule has 0 saturated heterocycles. The SMILES string of the molecule is C=C(Cc1cncnc1NC(=O)OCc1ccccc1)N(CCNC(=O)OC(C)(C)C)CC(=O)O. The van der Waals surface area contributed by atoms with Crippen molar-refractivity contribution in [2.24, 2.45) is 0 Å². The first kappa shape index (κ1) is 27.1. The van der Waals surface area contributed by atoms with Crippen LogP contribution >= 0.6 is 0 Å². The lowest BCUT2D eigenvalue weighted by molar-refractivity contribution is -0.137. The summed E-state index contributed by atoms with van der Waals surface area (Å²) in [5.41, 5.74) is 1.15. The van der Waals surface area contributed by atoms with E-state index in [1.807, 2.05) is 30.3 Å². The van der Waals surface area contributed by atoms with Crippen LogP contribution in [0.5, 0.6) is 0 Å². The van der Waals surface area contributed by atoms with Gasteiger partial charge in [0.05, 0.1) is 0 Å². The fourth-order valence-electron chi connectivity index (χ4n) is 2.91. The van der Waals surface area contributed by atoms with Gasteiger partial charge in [-0.3, -0.25) is 10.1 Å². The Morgan fingerprint density at radius 3 is 2.51 bits per heavy atom. The van der Waals surface area contributed by atoms with Crippen LogP contribution < -0.4 is 10.6 Å². The van der Waals surface area contributed by atoms with E-state index >= 15 is 0 Å². The van der Waals surface area contributed by atoms with E-state index in [1.165, 1.54) is 17.4 Å². The average Bonchev–Trinajstić information content (AvgIpc) is 2.77. The van der Waals surface area contributed by atoms with Crippen LogP contribution in [0.15, 0.2) is 55.1 Å². The van der Waals surface area contributed by atoms with Crippen molar-refractivity contribution in [3.8, 4) is 0 Å². The number of benzene rings is 1. The van der Waals surface area contributed by atoms with Gasteiger partial charge >= 0.3 is 18.2 Å². The molecule has 0 bridgehead atoms. The fourth-order valence-corrected chi connectivity index (χ4v) is 2.91. The molecule has 11 heteroatoms. The van der Waals surface area contributed by atoms with E-state index in [2.05, 4.69) is 27.2 Å². The van der Waals surface area contributed by atoms with Crippen molar-refractivity contribution in [2.75, 3.05) is 25.0 Å². The molecule has 0 unspecified atom stereocenters. The predicted octanol–water partition coefficient (Wildman–Crippen LogP) is 3.19. The zero-order valence-corrected chi connectivity index (χ0v) is 20.1. The Morgan fingerprint density at radius 1 is 1.14 bits per heavy atom. The number of rotatable bonds is 11. The lowest BCUT2D eigenvalue weighted by Gasteiger charge is -2.26. The molecule has 1 heterocycles. The van der Waals surface area contributed by atoms with Gasteiger partial charge < -0.3 is 24.8 Å². The maximum atomic E-state index is 12.3. The lowest BCUT2D eigenvalue weighted by Crippen LogP contribution is -2.39. The van der Waals surface area contributed by atoms with Gasteiger partial charge in [0.25, 0.3) is 0 Å². The number of aliphatic carboxylic acids is 1. The number of carboxylic acids is 1. The first-order chi connectivity index (χ1) is 16.5. The highest BCUT2D eigenvalue weighted by atomic mass is 16.6. The summed E-state index contributed by atoms with van der Waals surface area (Å²) < 4.78 is 10.4. The van der Waals surface area contributed by atoms with Gasteiger partial charge in [0, 0.05) is 37.0 Å². The number of nitrogens with one attached hydrogen (secondary N) is 2. The molecule has 2 aromatic rings. The summed E-state index contributed by atoms with van der Waals surface area (Å²) in [6.45, 7) is 9.30. The van der Waals surface area contributed by atoms with Gasteiger partial charge in [-0.05, 0) is 26.3 Å². The van der Waals surface area contributed by atoms with Crippen molar-refractivity contribution >= 4 is 24.0 Å². The fraction of sp³-hybridized carbons (Fsp3) is 0.375. The van der Waals surface area contributed by atoms with Crippen molar-refractivity contribution in [1.82, 2.24) is 20.2 Å². The smallest absolute Gasteiger partial charge is 0.413 e. The third kappa shape index (κ3) is 10.5. The van der Waals surface area contributed by atoms with Crippen LogP contribution in [-0.4, -0.2) is 63.4 Å². The van der Waals surface area contributed by atoms with Gasteiger partial charge in [0.15, 0.2) is 0 Å². The number of anilines is 1. The molecular weight excluding hydrogens is 454 g/mol. The summed E-state index contributed by atoms with van der Waals surface area (Å²) in [6, 6.07) is 9.22. The largest absolute Gasteiger partial charge is 0.480 e. The van der Waals surface area contributed by atoms with Gasteiger partial charge in [0.1, 0.15) is 30.9 Å². The van der Waals surface area contributed by atoms with Crippen LogP contribution in [0.4, 0.5) is 15.4 Å². The molecule has 0 aliphatic heterocycles. The second kappa shape index (κ2) is 12.9. The van der Waals surface area contributed by atoms with Crippen molar-refractivity contribution in [1.29, 1.82) is 0 Å². The van der Waals surface area contributed by atoms with E-state index in [1.54, 1.807) is 20.8 Å². The Kier molecular flexibility index (Phi) is 10.0. The van der Waals surface area contributed by atoms with E-state index in [-0.39, 0.29) is 38.5 Å². The molecule has 0 fully saturated rings. The molecule has 3 N–H and O–H groups in total. The number of hydrogen-bond donors (Lipinski definition) is 3. The number of alkyl carbamates (subject to hydrolysis) is 1. The lowest BCUT2D eigenvalue weighted by atomic mass is 10.1. The number of carboxylic acid groups (broad SMARTS) is 1. The number of nitrogens with zero attached hydrogens (tertiary/aromatic N) is 3. The molecule has 0 spiro atoms. The number of carbonyl (C=O) groups is 3. The maximum absolute atomic E-state index is 12.3. The summed E-state index contributed by atoms with van der Waals surface area (Å²) in [6.07, 6.45) is 1.65. The van der Waals surface area contributed by atoms with E-state index in [0.717, 1.165) is 5.56 Å². The van der Waals surface area contributed by atoms with E-state index in [0.29, 0.717) is 11.3 Å². The third-order valence-electron chi connectivity index (χ3n) is 4.44. The molecule has 0 aliphatic rings. The minimum Gasteiger partial charge on any atom is -0.480 e. The Hall–Kier alpha value is -4.15. The van der Waals surface area contributed by atoms with Crippen LogP contribution in [0.25, 0.3) is 0 Å². The standard InChI is InChI=1S/C24H31N5O6/c1-17(29(14-20(30)31)11-10-26-22(32)35-24(2,3)4)12-19-13-25-16-27-21(19)28-23(33)34-15-18-8-6-5-7-9-18/h5-9,13,16H,1,10-12,14-15H2,2-4H3,(H,26,32)(H,30,31)(H,25,27,28,33). The quantitative estimate of drug-likeness (QED) is 0.437. The Bertz CT molecular complexity index is 1020. The molecule has 0 radical (unpaired) electrons. The topological polar surface area (TPSA) is 143 Å². The summed E-state index contributed by atoms with van der Waals surface area (Å²) in [5, 5.41) is 14.5. The zero-order chi connectivity index (χ0) is 25.8. The van der Waals surface area contributed by atoms with Crippen LogP contribution in [0, 0.1) is 0 Å². The average molecular weight is 486 g/mol. The summed E-state index contributed by atoms with van der Waals surface area (Å²) in [5.74, 6) is -0.836. The molecule has 0 saturated carbocycles. The number of hydrogen-bond acceptors (Lipinski definition) is 8. The number of amides is 2. The number of allylic oxidation sites excluding steroid dienone is 1.